The van der Waals surface area contributed by atoms with Gasteiger partial charge < -0.3 is 9.72 Å². The fourth-order valence-electron chi connectivity index (χ4n) is 4.43. The minimum Gasteiger partial charge on any atom is -0.367 e. The first-order valence-electron chi connectivity index (χ1n) is 11.0. The number of nitrogens with one attached hydrogen (secondary N) is 1. The standard InChI is InChI=1S/C23H22F3N7S/c1-14-15(2-3-20-30-17(10-27)12-33(14)20)11-32-6-4-16(5-7-32)31-21-19-8-18(9-23(24,25)26)34-22(19)29-13-28-21/h2-3,8,12-13,16H,4-7,9,11H2,1H3,(H,28,29,31). The number of piperidine rings is 1. The van der Waals surface area contributed by atoms with Crippen molar-refractivity contribution in [2.45, 2.75) is 44.9 Å². The average Bonchev–Trinajstić information content (AvgIpc) is 3.40. The molecule has 0 atom stereocenters. The van der Waals surface area contributed by atoms with Crippen LogP contribution in [-0.2, 0) is 13.0 Å². The Balaban J connectivity index is 1.23. The molecule has 4 aromatic heterocycles. The molecular weight excluding hydrogens is 463 g/mol. The summed E-state index contributed by atoms with van der Waals surface area (Å²) in [4.78, 5) is 15.9. The van der Waals surface area contributed by atoms with E-state index in [9.17, 15) is 13.2 Å². The number of fused-ring (bicyclic) bond motifs is 2. The second kappa shape index (κ2) is 8.85. The van der Waals surface area contributed by atoms with Gasteiger partial charge in [-0.3, -0.25) is 4.90 Å². The summed E-state index contributed by atoms with van der Waals surface area (Å²) in [6.45, 7) is 4.62. The maximum absolute atomic E-state index is 12.8. The van der Waals surface area contributed by atoms with E-state index in [2.05, 4.69) is 37.3 Å². The first kappa shape index (κ1) is 22.6. The highest BCUT2D eigenvalue weighted by Crippen LogP contribution is 2.33. The van der Waals surface area contributed by atoms with Crippen LogP contribution in [0, 0.1) is 18.3 Å². The number of hydrogen-bond donors (Lipinski definition) is 1. The highest BCUT2D eigenvalue weighted by atomic mass is 32.1. The van der Waals surface area contributed by atoms with Crippen LogP contribution in [0.4, 0.5) is 19.0 Å². The summed E-state index contributed by atoms with van der Waals surface area (Å²) in [5, 5.41) is 13.2. The average molecular weight is 486 g/mol. The molecule has 34 heavy (non-hydrogen) atoms. The number of nitrogens with zero attached hydrogens (tertiary/aromatic N) is 6. The van der Waals surface area contributed by atoms with Crippen LogP contribution < -0.4 is 5.32 Å². The van der Waals surface area contributed by atoms with E-state index in [1.54, 1.807) is 12.3 Å². The van der Waals surface area contributed by atoms with Gasteiger partial charge in [-0.25, -0.2) is 15.0 Å². The van der Waals surface area contributed by atoms with Crippen molar-refractivity contribution in [1.82, 2.24) is 24.3 Å². The Morgan fingerprint density at radius 1 is 1.24 bits per heavy atom. The van der Waals surface area contributed by atoms with E-state index in [0.29, 0.717) is 21.7 Å². The van der Waals surface area contributed by atoms with Crippen molar-refractivity contribution in [2.24, 2.45) is 0 Å². The number of nitriles is 1. The number of halogens is 3. The molecule has 7 nitrogen and oxygen atoms in total. The molecular formula is C23H22F3N7S. The van der Waals surface area contributed by atoms with Crippen molar-refractivity contribution < 1.29 is 13.2 Å². The van der Waals surface area contributed by atoms with E-state index in [-0.39, 0.29) is 10.9 Å². The van der Waals surface area contributed by atoms with E-state index in [4.69, 9.17) is 5.26 Å². The van der Waals surface area contributed by atoms with Gasteiger partial charge >= 0.3 is 6.18 Å². The van der Waals surface area contributed by atoms with Gasteiger partial charge in [0.05, 0.1) is 11.8 Å². The number of hydrogen-bond acceptors (Lipinski definition) is 7. The predicted octanol–water partition coefficient (Wildman–Crippen LogP) is 4.70. The highest BCUT2D eigenvalue weighted by molar-refractivity contribution is 7.18. The van der Waals surface area contributed by atoms with Crippen molar-refractivity contribution in [2.75, 3.05) is 18.4 Å². The molecule has 5 heterocycles. The van der Waals surface area contributed by atoms with Crippen molar-refractivity contribution in [3.05, 3.63) is 52.6 Å². The third-order valence-corrected chi connectivity index (χ3v) is 7.23. The van der Waals surface area contributed by atoms with Crippen LogP contribution in [-0.4, -0.2) is 49.6 Å². The Kier molecular flexibility index (Phi) is 5.87. The third-order valence-electron chi connectivity index (χ3n) is 6.18. The number of thiophene rings is 1. The van der Waals surface area contributed by atoms with E-state index < -0.39 is 12.6 Å². The molecule has 0 aromatic carbocycles. The second-order valence-electron chi connectivity index (χ2n) is 8.55. The molecule has 0 saturated carbocycles. The van der Waals surface area contributed by atoms with Gasteiger partial charge in [-0.05, 0) is 37.5 Å². The van der Waals surface area contributed by atoms with Crippen LogP contribution in [0.1, 0.15) is 34.7 Å². The maximum atomic E-state index is 12.8. The summed E-state index contributed by atoms with van der Waals surface area (Å²) in [5.74, 6) is 0.600. The number of pyridine rings is 1. The maximum Gasteiger partial charge on any atom is 0.393 e. The Bertz CT molecular complexity index is 1380. The molecule has 1 saturated heterocycles. The van der Waals surface area contributed by atoms with Crippen LogP contribution in [0.15, 0.2) is 30.7 Å². The lowest BCUT2D eigenvalue weighted by Crippen LogP contribution is -2.39. The Morgan fingerprint density at radius 3 is 2.76 bits per heavy atom. The summed E-state index contributed by atoms with van der Waals surface area (Å²) in [7, 11) is 0. The molecule has 0 aliphatic carbocycles. The Labute approximate surface area is 197 Å². The van der Waals surface area contributed by atoms with Gasteiger partial charge in [-0.1, -0.05) is 6.07 Å². The number of alkyl halides is 3. The number of anilines is 1. The number of aromatic nitrogens is 4. The smallest absolute Gasteiger partial charge is 0.367 e. The first-order valence-corrected chi connectivity index (χ1v) is 11.8. The SMILES string of the molecule is Cc1c(CN2CCC(Nc3ncnc4sc(CC(F)(F)F)cc34)CC2)ccc2nc(C#N)cn12. The number of likely N-dealkylation sites (tertiary alicyclic amines) is 1. The van der Waals surface area contributed by atoms with E-state index >= 15 is 0 Å². The second-order valence-corrected chi connectivity index (χ2v) is 9.67. The van der Waals surface area contributed by atoms with Crippen molar-refractivity contribution in [1.29, 1.82) is 5.26 Å². The fourth-order valence-corrected chi connectivity index (χ4v) is 5.45. The third kappa shape index (κ3) is 4.69. The Morgan fingerprint density at radius 2 is 2.03 bits per heavy atom. The largest absolute Gasteiger partial charge is 0.393 e. The van der Waals surface area contributed by atoms with Crippen LogP contribution >= 0.6 is 11.3 Å². The Hall–Kier alpha value is -3.23. The quantitative estimate of drug-likeness (QED) is 0.441. The normalized spacial score (nSPS) is 15.7. The highest BCUT2D eigenvalue weighted by Gasteiger charge is 2.29. The van der Waals surface area contributed by atoms with E-state index in [1.165, 1.54) is 11.9 Å². The zero-order valence-corrected chi connectivity index (χ0v) is 19.2. The lowest BCUT2D eigenvalue weighted by atomic mass is 10.0. The van der Waals surface area contributed by atoms with Gasteiger partial charge in [0.1, 0.15) is 28.7 Å². The fraction of sp³-hybridized carbons (Fsp3) is 0.391. The lowest BCUT2D eigenvalue weighted by Gasteiger charge is -2.33. The van der Waals surface area contributed by atoms with Gasteiger partial charge in [0.15, 0.2) is 5.69 Å². The van der Waals surface area contributed by atoms with Gasteiger partial charge in [0.25, 0.3) is 0 Å². The molecule has 1 fully saturated rings. The molecule has 5 rings (SSSR count). The first-order chi connectivity index (χ1) is 16.3. The van der Waals surface area contributed by atoms with Gasteiger partial charge in [0, 0.05) is 42.4 Å². The molecule has 0 bridgehead atoms. The zero-order chi connectivity index (χ0) is 23.9. The van der Waals surface area contributed by atoms with Gasteiger partial charge in [-0.2, -0.15) is 18.4 Å². The zero-order valence-electron chi connectivity index (χ0n) is 18.4. The molecule has 0 spiro atoms. The van der Waals surface area contributed by atoms with Crippen LogP contribution in [0.5, 0.6) is 0 Å². The summed E-state index contributed by atoms with van der Waals surface area (Å²) in [6.07, 6.45) is -0.231. The monoisotopic (exact) mass is 485 g/mol. The summed E-state index contributed by atoms with van der Waals surface area (Å²) >= 11 is 1.06. The van der Waals surface area contributed by atoms with Crippen LogP contribution in [0.2, 0.25) is 0 Å². The van der Waals surface area contributed by atoms with Crippen molar-refractivity contribution in [3.8, 4) is 6.07 Å². The van der Waals surface area contributed by atoms with E-state index in [1.807, 2.05) is 17.4 Å². The minimum absolute atomic E-state index is 0.190. The minimum atomic E-state index is -4.24. The number of rotatable bonds is 5. The summed E-state index contributed by atoms with van der Waals surface area (Å²) in [6, 6.07) is 7.83. The summed E-state index contributed by atoms with van der Waals surface area (Å²) < 4.78 is 40.3. The van der Waals surface area contributed by atoms with Crippen LogP contribution in [0.25, 0.3) is 15.9 Å². The lowest BCUT2D eigenvalue weighted by molar-refractivity contribution is -0.126. The summed E-state index contributed by atoms with van der Waals surface area (Å²) in [5.41, 5.74) is 3.43. The molecule has 0 amide bonds. The van der Waals surface area contributed by atoms with E-state index in [0.717, 1.165) is 55.2 Å². The molecule has 11 heteroatoms. The predicted molar refractivity (Wildman–Crippen MR) is 124 cm³/mol. The molecule has 0 unspecified atom stereocenters. The van der Waals surface area contributed by atoms with Crippen molar-refractivity contribution in [3.63, 3.8) is 0 Å². The number of imidazole rings is 1. The van der Waals surface area contributed by atoms with Gasteiger partial charge in [-0.15, -0.1) is 11.3 Å². The molecule has 1 N–H and O–H groups in total. The number of aryl methyl sites for hydroxylation is 1. The molecule has 4 aromatic rings. The molecule has 1 aliphatic rings. The van der Waals surface area contributed by atoms with Crippen molar-refractivity contribution >= 4 is 33.0 Å². The van der Waals surface area contributed by atoms with Gasteiger partial charge in [0.2, 0.25) is 0 Å². The molecule has 1 aliphatic heterocycles. The van der Waals surface area contributed by atoms with Crippen LogP contribution in [0.3, 0.4) is 0 Å². The molecule has 176 valence electrons. The molecule has 0 radical (unpaired) electrons. The topological polar surface area (TPSA) is 82.1 Å².